The molecule has 1 aliphatic rings. The number of hydrogen-bond donors (Lipinski definition) is 1. The Labute approximate surface area is 145 Å². The van der Waals surface area contributed by atoms with Gasteiger partial charge in [-0.2, -0.15) is 0 Å². The fourth-order valence-electron chi connectivity index (χ4n) is 3.44. The summed E-state index contributed by atoms with van der Waals surface area (Å²) in [7, 11) is 0. The summed E-state index contributed by atoms with van der Waals surface area (Å²) in [5, 5.41) is 4.47. The average Bonchev–Trinajstić information content (AvgIpc) is 3.31. The highest BCUT2D eigenvalue weighted by molar-refractivity contribution is 7.10. The zero-order valence-corrected chi connectivity index (χ0v) is 14.7. The van der Waals surface area contributed by atoms with Crippen molar-refractivity contribution in [1.82, 2.24) is 14.9 Å². The molecule has 3 aromatic rings. The Morgan fingerprint density at radius 1 is 1.38 bits per heavy atom. The summed E-state index contributed by atoms with van der Waals surface area (Å²) in [6.07, 6.45) is 5.63. The van der Waals surface area contributed by atoms with E-state index in [1.165, 1.54) is 22.0 Å². The van der Waals surface area contributed by atoms with Crippen LogP contribution >= 0.6 is 11.3 Å². The standard InChI is InChI=1S/C19H21N3OS/c1-2-13-5-3-6-14-15(11-20-19(13)14)16-12-24-17(21-16)8-10-22-9-4-7-18(22)23/h3,5-6,11-12,20H,2,4,7-10H2,1H3. The zero-order chi connectivity index (χ0) is 16.5. The van der Waals surface area contributed by atoms with E-state index in [1.54, 1.807) is 11.3 Å². The first kappa shape index (κ1) is 15.4. The van der Waals surface area contributed by atoms with Crippen molar-refractivity contribution >= 4 is 28.1 Å². The average molecular weight is 339 g/mol. The van der Waals surface area contributed by atoms with Gasteiger partial charge in [-0.25, -0.2) is 4.98 Å². The molecule has 1 N–H and O–H groups in total. The topological polar surface area (TPSA) is 49.0 Å². The minimum absolute atomic E-state index is 0.288. The number of rotatable bonds is 5. The van der Waals surface area contributed by atoms with E-state index < -0.39 is 0 Å². The molecule has 3 heterocycles. The number of H-pyrrole nitrogens is 1. The molecule has 5 heteroatoms. The van der Waals surface area contributed by atoms with Crippen LogP contribution < -0.4 is 0 Å². The molecule has 0 aliphatic carbocycles. The maximum absolute atomic E-state index is 11.7. The van der Waals surface area contributed by atoms with Crippen LogP contribution in [0.5, 0.6) is 0 Å². The number of nitrogens with zero attached hydrogens (tertiary/aromatic N) is 2. The molecule has 2 aromatic heterocycles. The van der Waals surface area contributed by atoms with Crippen molar-refractivity contribution in [3.05, 3.63) is 40.3 Å². The van der Waals surface area contributed by atoms with Gasteiger partial charge < -0.3 is 9.88 Å². The Hall–Kier alpha value is -2.14. The van der Waals surface area contributed by atoms with Crippen LogP contribution in [0.4, 0.5) is 0 Å². The van der Waals surface area contributed by atoms with Gasteiger partial charge >= 0.3 is 0 Å². The molecule has 4 rings (SSSR count). The van der Waals surface area contributed by atoms with Crippen LogP contribution in [0, 0.1) is 0 Å². The van der Waals surface area contributed by atoms with Crippen LogP contribution in [0.2, 0.25) is 0 Å². The van der Waals surface area contributed by atoms with Crippen molar-refractivity contribution in [2.45, 2.75) is 32.6 Å². The van der Waals surface area contributed by atoms with Gasteiger partial charge in [-0.3, -0.25) is 4.79 Å². The first-order valence-electron chi connectivity index (χ1n) is 8.58. The number of hydrogen-bond acceptors (Lipinski definition) is 3. The molecule has 1 fully saturated rings. The van der Waals surface area contributed by atoms with Crippen LogP contribution in [-0.2, 0) is 17.6 Å². The van der Waals surface area contributed by atoms with Gasteiger partial charge in [0.05, 0.1) is 10.7 Å². The third-order valence-corrected chi connectivity index (χ3v) is 5.69. The van der Waals surface area contributed by atoms with Gasteiger partial charge in [0.2, 0.25) is 5.91 Å². The van der Waals surface area contributed by atoms with Crippen LogP contribution in [0.1, 0.15) is 30.3 Å². The second-order valence-corrected chi connectivity index (χ2v) is 7.20. The molecular weight excluding hydrogens is 318 g/mol. The normalized spacial score (nSPS) is 14.9. The lowest BCUT2D eigenvalue weighted by Crippen LogP contribution is -2.26. The molecule has 124 valence electrons. The minimum atomic E-state index is 0.288. The Bertz CT molecular complexity index is 880. The third kappa shape index (κ3) is 2.73. The molecule has 1 saturated heterocycles. The summed E-state index contributed by atoms with van der Waals surface area (Å²) in [5.41, 5.74) is 4.75. The van der Waals surface area contributed by atoms with Gasteiger partial charge in [0.15, 0.2) is 0 Å². The number of likely N-dealkylation sites (tertiary alicyclic amines) is 1. The van der Waals surface area contributed by atoms with E-state index in [1.807, 2.05) is 4.90 Å². The van der Waals surface area contributed by atoms with Crippen LogP contribution in [-0.4, -0.2) is 33.9 Å². The number of thiazole rings is 1. The van der Waals surface area contributed by atoms with E-state index in [2.05, 4.69) is 41.7 Å². The molecule has 1 aromatic carbocycles. The molecule has 1 aliphatic heterocycles. The van der Waals surface area contributed by atoms with Crippen molar-refractivity contribution in [3.63, 3.8) is 0 Å². The van der Waals surface area contributed by atoms with E-state index in [4.69, 9.17) is 4.98 Å². The summed E-state index contributed by atoms with van der Waals surface area (Å²) < 4.78 is 0. The Kier molecular flexibility index (Phi) is 4.10. The highest BCUT2D eigenvalue weighted by Crippen LogP contribution is 2.31. The van der Waals surface area contributed by atoms with Crippen molar-refractivity contribution in [2.75, 3.05) is 13.1 Å². The molecule has 1 amide bonds. The molecule has 0 bridgehead atoms. The van der Waals surface area contributed by atoms with E-state index in [0.29, 0.717) is 6.42 Å². The van der Waals surface area contributed by atoms with E-state index in [9.17, 15) is 4.79 Å². The Balaban J connectivity index is 1.55. The number of fused-ring (bicyclic) bond motifs is 1. The maximum atomic E-state index is 11.7. The maximum Gasteiger partial charge on any atom is 0.222 e. The predicted molar refractivity (Wildman–Crippen MR) is 98.3 cm³/mol. The van der Waals surface area contributed by atoms with Crippen LogP contribution in [0.15, 0.2) is 29.8 Å². The number of carbonyl (C=O) groups excluding carboxylic acids is 1. The molecule has 24 heavy (non-hydrogen) atoms. The van der Waals surface area contributed by atoms with Gasteiger partial charge in [-0.1, -0.05) is 25.1 Å². The van der Waals surface area contributed by atoms with Gasteiger partial charge in [-0.05, 0) is 18.4 Å². The Morgan fingerprint density at radius 3 is 3.08 bits per heavy atom. The van der Waals surface area contributed by atoms with Gasteiger partial charge in [-0.15, -0.1) is 11.3 Å². The summed E-state index contributed by atoms with van der Waals surface area (Å²) in [5.74, 6) is 0.288. The first-order valence-corrected chi connectivity index (χ1v) is 9.45. The fourth-order valence-corrected chi connectivity index (χ4v) is 4.23. The summed E-state index contributed by atoms with van der Waals surface area (Å²) in [4.78, 5) is 21.9. The lowest BCUT2D eigenvalue weighted by molar-refractivity contribution is -0.127. The molecule has 0 radical (unpaired) electrons. The molecular formula is C19H21N3OS. The molecule has 4 nitrogen and oxygen atoms in total. The molecule has 0 spiro atoms. The number of para-hydroxylation sites is 1. The van der Waals surface area contributed by atoms with Crippen molar-refractivity contribution in [1.29, 1.82) is 0 Å². The summed E-state index contributed by atoms with van der Waals surface area (Å²) in [6, 6.07) is 6.44. The van der Waals surface area contributed by atoms with E-state index >= 15 is 0 Å². The molecule has 0 atom stereocenters. The smallest absolute Gasteiger partial charge is 0.222 e. The van der Waals surface area contributed by atoms with Crippen molar-refractivity contribution in [2.24, 2.45) is 0 Å². The highest BCUT2D eigenvalue weighted by Gasteiger charge is 2.20. The SMILES string of the molecule is CCc1cccc2c(-c3csc(CCN4CCCC4=O)n3)c[nH]c12. The number of aromatic amines is 1. The second kappa shape index (κ2) is 6.40. The number of aryl methyl sites for hydroxylation is 1. The highest BCUT2D eigenvalue weighted by atomic mass is 32.1. The minimum Gasteiger partial charge on any atom is -0.360 e. The van der Waals surface area contributed by atoms with Gasteiger partial charge in [0, 0.05) is 54.0 Å². The van der Waals surface area contributed by atoms with Crippen LogP contribution in [0.25, 0.3) is 22.2 Å². The number of nitrogens with one attached hydrogen (secondary N) is 1. The first-order chi connectivity index (χ1) is 11.8. The third-order valence-electron chi connectivity index (χ3n) is 4.78. The van der Waals surface area contributed by atoms with E-state index in [0.717, 1.165) is 43.1 Å². The van der Waals surface area contributed by atoms with E-state index in [-0.39, 0.29) is 5.91 Å². The Morgan fingerprint density at radius 2 is 2.29 bits per heavy atom. The van der Waals surface area contributed by atoms with Crippen LogP contribution in [0.3, 0.4) is 0 Å². The van der Waals surface area contributed by atoms with Gasteiger partial charge in [0.25, 0.3) is 0 Å². The summed E-state index contributed by atoms with van der Waals surface area (Å²) >= 11 is 1.69. The molecule has 0 unspecified atom stereocenters. The monoisotopic (exact) mass is 339 g/mol. The van der Waals surface area contributed by atoms with Crippen molar-refractivity contribution < 1.29 is 4.79 Å². The molecule has 0 saturated carbocycles. The quantitative estimate of drug-likeness (QED) is 0.763. The summed E-state index contributed by atoms with van der Waals surface area (Å²) in [6.45, 7) is 3.87. The van der Waals surface area contributed by atoms with Gasteiger partial charge in [0.1, 0.15) is 0 Å². The lowest BCUT2D eigenvalue weighted by atomic mass is 10.1. The number of amides is 1. The number of carbonyl (C=O) groups is 1. The second-order valence-electron chi connectivity index (χ2n) is 6.26. The number of benzene rings is 1. The number of aromatic nitrogens is 2. The van der Waals surface area contributed by atoms with Crippen molar-refractivity contribution in [3.8, 4) is 11.3 Å². The fraction of sp³-hybridized carbons (Fsp3) is 0.368. The lowest BCUT2D eigenvalue weighted by Gasteiger charge is -2.13. The largest absolute Gasteiger partial charge is 0.360 e. The predicted octanol–water partition coefficient (Wildman–Crippen LogP) is 4.02. The zero-order valence-electron chi connectivity index (χ0n) is 13.8.